The largest absolute Gasteiger partial charge is 0.283 e. The van der Waals surface area contributed by atoms with Gasteiger partial charge in [-0.15, -0.1) is 0 Å². The summed E-state index contributed by atoms with van der Waals surface area (Å²) in [5.74, 6) is 0. The number of aliphatic imine (C=N–C) groups is 1. The fraction of sp³-hybridized carbons (Fsp3) is 0.444. The van der Waals surface area contributed by atoms with Crippen LogP contribution in [-0.4, -0.2) is 11.8 Å². The molecule has 1 rings (SSSR count). The van der Waals surface area contributed by atoms with E-state index in [4.69, 9.17) is 0 Å². The molecule has 1 atom stereocenters. The summed E-state index contributed by atoms with van der Waals surface area (Å²) in [6.07, 6.45) is 6.33. The van der Waals surface area contributed by atoms with Crippen LogP contribution < -0.4 is 0 Å². The first-order chi connectivity index (χ1) is 4.68. The number of allylic oxidation sites excluding steroid dienone is 3. The molecule has 0 spiro atoms. The van der Waals surface area contributed by atoms with Gasteiger partial charge in [-0.1, -0.05) is 12.2 Å². The van der Waals surface area contributed by atoms with E-state index in [2.05, 4.69) is 37.1 Å². The first-order valence-corrected chi connectivity index (χ1v) is 3.59. The highest BCUT2D eigenvalue weighted by Gasteiger charge is 1.97. The highest BCUT2D eigenvalue weighted by molar-refractivity contribution is 5.94. The minimum atomic E-state index is 0.341. The highest BCUT2D eigenvalue weighted by Crippen LogP contribution is 2.05. The molecule has 1 nitrogen and oxygen atoms in total. The first-order valence-electron chi connectivity index (χ1n) is 3.59. The predicted molar refractivity (Wildman–Crippen MR) is 45.5 cm³/mol. The third kappa shape index (κ3) is 1.83. The lowest BCUT2D eigenvalue weighted by atomic mass is 10.2. The zero-order valence-corrected chi connectivity index (χ0v) is 6.76. The van der Waals surface area contributed by atoms with Gasteiger partial charge in [-0.05, 0) is 32.4 Å². The van der Waals surface area contributed by atoms with Gasteiger partial charge in [0, 0.05) is 5.71 Å². The van der Waals surface area contributed by atoms with Crippen molar-refractivity contribution in [3.63, 3.8) is 0 Å². The highest BCUT2D eigenvalue weighted by atomic mass is 14.8. The first kappa shape index (κ1) is 7.26. The number of hydrogen-bond acceptors (Lipinski definition) is 1. The Balaban J connectivity index is 2.88. The zero-order valence-electron chi connectivity index (χ0n) is 6.76. The van der Waals surface area contributed by atoms with Crippen LogP contribution in [-0.2, 0) is 0 Å². The molecule has 0 N–H and O–H groups in total. The average Bonchev–Trinajstić information content (AvgIpc) is 1.93. The topological polar surface area (TPSA) is 12.4 Å². The maximum Gasteiger partial charge on any atom is 0.0657 e. The molecule has 1 unspecified atom stereocenters. The van der Waals surface area contributed by atoms with E-state index in [9.17, 15) is 0 Å². The molecule has 0 aromatic rings. The van der Waals surface area contributed by atoms with Crippen molar-refractivity contribution in [2.45, 2.75) is 26.8 Å². The zero-order chi connectivity index (χ0) is 7.56. The number of nitrogens with zero attached hydrogens (tertiary/aromatic N) is 1. The van der Waals surface area contributed by atoms with Crippen molar-refractivity contribution in [1.29, 1.82) is 0 Å². The maximum absolute atomic E-state index is 4.38. The van der Waals surface area contributed by atoms with Crippen LogP contribution in [0.1, 0.15) is 20.8 Å². The van der Waals surface area contributed by atoms with Crippen LogP contribution in [0.25, 0.3) is 0 Å². The van der Waals surface area contributed by atoms with Crippen molar-refractivity contribution in [1.82, 2.24) is 0 Å². The van der Waals surface area contributed by atoms with Gasteiger partial charge >= 0.3 is 0 Å². The second-order valence-electron chi connectivity index (χ2n) is 2.76. The smallest absolute Gasteiger partial charge is 0.0657 e. The number of rotatable bonds is 0. The summed E-state index contributed by atoms with van der Waals surface area (Å²) in [6, 6.07) is 0.341. The van der Waals surface area contributed by atoms with Crippen molar-refractivity contribution < 1.29 is 0 Å². The molecule has 0 aromatic heterocycles. The van der Waals surface area contributed by atoms with Crippen LogP contribution in [0.2, 0.25) is 0 Å². The Labute approximate surface area is 62.2 Å². The molecule has 1 aliphatic rings. The minimum Gasteiger partial charge on any atom is -0.283 e. The van der Waals surface area contributed by atoms with Crippen molar-refractivity contribution in [2.24, 2.45) is 4.99 Å². The molecule has 10 heavy (non-hydrogen) atoms. The predicted octanol–water partition coefficient (Wildman–Crippen LogP) is 2.35. The number of hydrogen-bond donors (Lipinski definition) is 0. The molecular formula is C9H13N. The molecule has 1 heteroatoms. The fourth-order valence-electron chi connectivity index (χ4n) is 1.07. The monoisotopic (exact) mass is 135 g/mol. The van der Waals surface area contributed by atoms with E-state index in [1.807, 2.05) is 6.92 Å². The van der Waals surface area contributed by atoms with E-state index in [0.717, 1.165) is 5.71 Å². The van der Waals surface area contributed by atoms with Crippen LogP contribution in [0.4, 0.5) is 0 Å². The van der Waals surface area contributed by atoms with E-state index < -0.39 is 0 Å². The Hall–Kier alpha value is -0.850. The van der Waals surface area contributed by atoms with Gasteiger partial charge in [0.05, 0.1) is 6.04 Å². The lowest BCUT2D eigenvalue weighted by molar-refractivity contribution is 0.928. The van der Waals surface area contributed by atoms with Gasteiger partial charge in [0.1, 0.15) is 0 Å². The van der Waals surface area contributed by atoms with E-state index >= 15 is 0 Å². The Morgan fingerprint density at radius 2 is 2.10 bits per heavy atom. The Kier molecular flexibility index (Phi) is 2.05. The van der Waals surface area contributed by atoms with Crippen molar-refractivity contribution in [2.75, 3.05) is 0 Å². The molecule has 0 saturated heterocycles. The summed E-state index contributed by atoms with van der Waals surface area (Å²) in [7, 11) is 0. The van der Waals surface area contributed by atoms with Gasteiger partial charge in [0.15, 0.2) is 0 Å². The summed E-state index contributed by atoms with van der Waals surface area (Å²) in [5, 5.41) is 0. The molecule has 0 aliphatic carbocycles. The molecule has 0 radical (unpaired) electrons. The molecule has 0 fully saturated rings. The Bertz CT molecular complexity index is 209. The van der Waals surface area contributed by atoms with Crippen LogP contribution >= 0.6 is 0 Å². The van der Waals surface area contributed by atoms with Gasteiger partial charge in [0.2, 0.25) is 0 Å². The lowest BCUT2D eigenvalue weighted by Gasteiger charge is -1.95. The van der Waals surface area contributed by atoms with Crippen LogP contribution in [0.5, 0.6) is 0 Å². The van der Waals surface area contributed by atoms with E-state index in [1.54, 1.807) is 0 Å². The summed E-state index contributed by atoms with van der Waals surface area (Å²) in [4.78, 5) is 4.38. The SMILES string of the molecule is CC1=CC(C)=NC(C)C=C1. The summed E-state index contributed by atoms with van der Waals surface area (Å²) < 4.78 is 0. The maximum atomic E-state index is 4.38. The fourth-order valence-corrected chi connectivity index (χ4v) is 1.07. The third-order valence-corrected chi connectivity index (χ3v) is 1.48. The molecule has 0 bridgehead atoms. The van der Waals surface area contributed by atoms with Crippen molar-refractivity contribution in [3.05, 3.63) is 23.8 Å². The quantitative estimate of drug-likeness (QED) is 0.483. The van der Waals surface area contributed by atoms with Gasteiger partial charge in [-0.2, -0.15) is 0 Å². The molecule has 1 aliphatic heterocycles. The van der Waals surface area contributed by atoms with Gasteiger partial charge < -0.3 is 0 Å². The minimum absolute atomic E-state index is 0.341. The summed E-state index contributed by atoms with van der Waals surface area (Å²) >= 11 is 0. The molecule has 1 heterocycles. The second kappa shape index (κ2) is 2.82. The Morgan fingerprint density at radius 3 is 2.80 bits per heavy atom. The van der Waals surface area contributed by atoms with Crippen LogP contribution in [0.3, 0.4) is 0 Å². The van der Waals surface area contributed by atoms with Crippen LogP contribution in [0.15, 0.2) is 28.8 Å². The van der Waals surface area contributed by atoms with Gasteiger partial charge in [0.25, 0.3) is 0 Å². The Morgan fingerprint density at radius 1 is 1.40 bits per heavy atom. The standard InChI is InChI=1S/C9H13N/c1-7-4-5-8(2)10-9(3)6-7/h4-6,8H,1-3H3. The average molecular weight is 135 g/mol. The van der Waals surface area contributed by atoms with Gasteiger partial charge in [-0.3, -0.25) is 4.99 Å². The molecule has 0 amide bonds. The molecular weight excluding hydrogens is 122 g/mol. The third-order valence-electron chi connectivity index (χ3n) is 1.48. The second-order valence-corrected chi connectivity index (χ2v) is 2.76. The van der Waals surface area contributed by atoms with E-state index in [-0.39, 0.29) is 0 Å². The normalized spacial score (nSPS) is 25.3. The van der Waals surface area contributed by atoms with Crippen molar-refractivity contribution in [3.8, 4) is 0 Å². The van der Waals surface area contributed by atoms with Crippen LogP contribution in [0, 0.1) is 0 Å². The van der Waals surface area contributed by atoms with E-state index in [1.165, 1.54) is 5.57 Å². The lowest BCUT2D eigenvalue weighted by Crippen LogP contribution is -1.94. The van der Waals surface area contributed by atoms with Crippen molar-refractivity contribution >= 4 is 5.71 Å². The van der Waals surface area contributed by atoms with Gasteiger partial charge in [-0.25, -0.2) is 0 Å². The van der Waals surface area contributed by atoms with E-state index in [0.29, 0.717) is 6.04 Å². The molecule has 0 saturated carbocycles. The molecule has 54 valence electrons. The summed E-state index contributed by atoms with van der Waals surface area (Å²) in [6.45, 7) is 6.22. The molecule has 0 aromatic carbocycles. The summed E-state index contributed by atoms with van der Waals surface area (Å²) in [5.41, 5.74) is 2.40.